The number of rotatable bonds is 4. The van der Waals surface area contributed by atoms with Gasteiger partial charge >= 0.3 is 0 Å². The Morgan fingerprint density at radius 1 is 1.50 bits per heavy atom. The van der Waals surface area contributed by atoms with Crippen LogP contribution >= 0.6 is 7.92 Å². The quantitative estimate of drug-likeness (QED) is 0.601. The molecule has 10 heavy (non-hydrogen) atoms. The Kier molecular flexibility index (Phi) is 4.33. The summed E-state index contributed by atoms with van der Waals surface area (Å²) in [6, 6.07) is 0. The van der Waals surface area contributed by atoms with Crippen molar-refractivity contribution < 1.29 is 0 Å². The zero-order valence-electron chi connectivity index (χ0n) is 6.43. The van der Waals surface area contributed by atoms with E-state index >= 15 is 0 Å². The van der Waals surface area contributed by atoms with Gasteiger partial charge in [-0.15, -0.1) is 0 Å². The van der Waals surface area contributed by atoms with Crippen LogP contribution in [0.2, 0.25) is 0 Å². The largest absolute Gasteiger partial charge is 0.402 e. The van der Waals surface area contributed by atoms with Crippen LogP contribution in [0.5, 0.6) is 0 Å². The minimum atomic E-state index is -0.225. The molecule has 0 heterocycles. The summed E-state index contributed by atoms with van der Waals surface area (Å²) in [5, 5.41) is 1.10. The first-order valence-corrected chi connectivity index (χ1v) is 5.07. The zero-order chi connectivity index (χ0) is 8.15. The molecule has 0 amide bonds. The van der Waals surface area contributed by atoms with Gasteiger partial charge in [0, 0.05) is 18.4 Å². The highest BCUT2D eigenvalue weighted by Gasteiger charge is 2.03. The van der Waals surface area contributed by atoms with E-state index in [-0.39, 0.29) is 7.92 Å². The molecule has 3 heteroatoms. The summed E-state index contributed by atoms with van der Waals surface area (Å²) < 4.78 is 0. The van der Waals surface area contributed by atoms with Crippen molar-refractivity contribution >= 4 is 7.92 Å². The molecule has 2 nitrogen and oxygen atoms in total. The van der Waals surface area contributed by atoms with Gasteiger partial charge in [-0.3, -0.25) is 0 Å². The van der Waals surface area contributed by atoms with Crippen molar-refractivity contribution in [3.8, 4) is 0 Å². The van der Waals surface area contributed by atoms with Crippen LogP contribution in [0.4, 0.5) is 0 Å². The summed E-state index contributed by atoms with van der Waals surface area (Å²) in [6.07, 6.45) is 0.853. The predicted molar refractivity (Wildman–Crippen MR) is 49.2 cm³/mol. The smallest absolute Gasteiger partial charge is 0.0176 e. The molecule has 0 aliphatic carbocycles. The third-order valence-electron chi connectivity index (χ3n) is 1.22. The van der Waals surface area contributed by atoms with E-state index in [1.165, 1.54) is 0 Å². The maximum atomic E-state index is 5.43. The number of allylic oxidation sites excluding steroid dienone is 1. The molecule has 4 N–H and O–H groups in total. The molecule has 0 bridgehead atoms. The highest BCUT2D eigenvalue weighted by Crippen LogP contribution is 2.39. The fourth-order valence-electron chi connectivity index (χ4n) is 0.572. The van der Waals surface area contributed by atoms with Crippen LogP contribution in [0.3, 0.4) is 0 Å². The van der Waals surface area contributed by atoms with Gasteiger partial charge in [-0.1, -0.05) is 21.1 Å². The zero-order valence-corrected chi connectivity index (χ0v) is 7.32. The second-order valence-corrected chi connectivity index (χ2v) is 4.63. The monoisotopic (exact) mass is 158 g/mol. The molecule has 0 aromatic rings. The highest BCUT2D eigenvalue weighted by molar-refractivity contribution is 7.61. The van der Waals surface area contributed by atoms with Gasteiger partial charge in [0.25, 0.3) is 0 Å². The lowest BCUT2D eigenvalue weighted by molar-refractivity contribution is 1.23. The van der Waals surface area contributed by atoms with Gasteiger partial charge in [0.05, 0.1) is 0 Å². The maximum Gasteiger partial charge on any atom is 0.0176 e. The number of hydrogen-bond acceptors (Lipinski definition) is 2. The topological polar surface area (TPSA) is 52.0 Å². The Bertz CT molecular complexity index is 143. The van der Waals surface area contributed by atoms with Crippen LogP contribution in [0.25, 0.3) is 0 Å². The van der Waals surface area contributed by atoms with Gasteiger partial charge in [0.15, 0.2) is 0 Å². The van der Waals surface area contributed by atoms with E-state index in [1.807, 2.05) is 0 Å². The Labute approximate surface area is 63.7 Å². The molecule has 0 fully saturated rings. The summed E-state index contributed by atoms with van der Waals surface area (Å²) >= 11 is 0. The highest BCUT2D eigenvalue weighted by atomic mass is 31.1. The van der Waals surface area contributed by atoms with E-state index in [2.05, 4.69) is 19.8 Å². The van der Waals surface area contributed by atoms with Gasteiger partial charge in [-0.05, 0) is 12.0 Å². The van der Waals surface area contributed by atoms with E-state index in [0.717, 1.165) is 17.2 Å². The Hall–Kier alpha value is -0.330. The van der Waals surface area contributed by atoms with Crippen molar-refractivity contribution in [3.63, 3.8) is 0 Å². The summed E-state index contributed by atoms with van der Waals surface area (Å²) in [6.45, 7) is 10.1. The summed E-state index contributed by atoms with van der Waals surface area (Å²) in [7, 11) is -0.225. The van der Waals surface area contributed by atoms with Gasteiger partial charge in [-0.2, -0.15) is 0 Å². The van der Waals surface area contributed by atoms with E-state index in [4.69, 9.17) is 11.5 Å². The molecule has 0 saturated heterocycles. The molecular formula is C7H15N2P. The lowest BCUT2D eigenvalue weighted by Gasteiger charge is -2.12. The molecule has 0 aliphatic heterocycles. The van der Waals surface area contributed by atoms with Gasteiger partial charge in [0.2, 0.25) is 0 Å². The van der Waals surface area contributed by atoms with Crippen LogP contribution in [0, 0.1) is 0 Å². The summed E-state index contributed by atoms with van der Waals surface area (Å²) in [5.41, 5.74) is 11.5. The molecule has 1 unspecified atom stereocenters. The van der Waals surface area contributed by atoms with Crippen molar-refractivity contribution in [2.75, 3.05) is 19.4 Å². The molecule has 0 spiro atoms. The van der Waals surface area contributed by atoms with Crippen molar-refractivity contribution in [3.05, 3.63) is 24.2 Å². The van der Waals surface area contributed by atoms with E-state index in [9.17, 15) is 0 Å². The van der Waals surface area contributed by atoms with Crippen molar-refractivity contribution in [2.45, 2.75) is 0 Å². The molecule has 0 aliphatic rings. The fourth-order valence-corrected chi connectivity index (χ4v) is 1.72. The van der Waals surface area contributed by atoms with Crippen molar-refractivity contribution in [1.82, 2.24) is 0 Å². The SMILES string of the molecule is C=C(N)CP(C)C(=C)CN. The van der Waals surface area contributed by atoms with Crippen LogP contribution in [-0.4, -0.2) is 19.4 Å². The van der Waals surface area contributed by atoms with E-state index in [1.54, 1.807) is 0 Å². The fraction of sp³-hybridized carbons (Fsp3) is 0.429. The van der Waals surface area contributed by atoms with Crippen LogP contribution < -0.4 is 11.5 Å². The average molecular weight is 158 g/mol. The maximum absolute atomic E-state index is 5.43. The molecule has 0 aromatic heterocycles. The third-order valence-corrected chi connectivity index (χ3v) is 3.36. The first-order valence-electron chi connectivity index (χ1n) is 3.10. The van der Waals surface area contributed by atoms with E-state index in [0.29, 0.717) is 6.54 Å². The Morgan fingerprint density at radius 3 is 2.30 bits per heavy atom. The minimum absolute atomic E-state index is 0.225. The normalized spacial score (nSPS) is 12.6. The molecular weight excluding hydrogens is 143 g/mol. The minimum Gasteiger partial charge on any atom is -0.402 e. The van der Waals surface area contributed by atoms with Crippen LogP contribution in [0.15, 0.2) is 24.2 Å². The van der Waals surface area contributed by atoms with Gasteiger partial charge < -0.3 is 11.5 Å². The standard InChI is InChI=1S/C7H15N2P/c1-6(9)5-10(3)7(2)4-8/h1-2,4-5,8-9H2,3H3. The number of hydrogen-bond donors (Lipinski definition) is 2. The lowest BCUT2D eigenvalue weighted by Crippen LogP contribution is -2.05. The Morgan fingerprint density at radius 2 is 2.00 bits per heavy atom. The predicted octanol–water partition coefficient (Wildman–Crippen LogP) is 1.04. The van der Waals surface area contributed by atoms with Crippen LogP contribution in [0.1, 0.15) is 0 Å². The van der Waals surface area contributed by atoms with E-state index < -0.39 is 0 Å². The lowest BCUT2D eigenvalue weighted by atomic mass is 10.6. The first kappa shape index (κ1) is 9.67. The molecule has 1 atom stereocenters. The second kappa shape index (κ2) is 4.48. The molecule has 0 aromatic carbocycles. The summed E-state index contributed by atoms with van der Waals surface area (Å²) in [4.78, 5) is 0. The number of nitrogens with two attached hydrogens (primary N) is 2. The molecule has 0 rings (SSSR count). The Balaban J connectivity index is 3.72. The molecule has 0 radical (unpaired) electrons. The molecule has 0 saturated carbocycles. The van der Waals surface area contributed by atoms with Gasteiger partial charge in [-0.25, -0.2) is 0 Å². The van der Waals surface area contributed by atoms with Crippen molar-refractivity contribution in [2.24, 2.45) is 11.5 Å². The second-order valence-electron chi connectivity index (χ2n) is 2.28. The third kappa shape index (κ3) is 3.65. The summed E-state index contributed by atoms with van der Waals surface area (Å²) in [5.74, 6) is 0. The molecule has 58 valence electrons. The van der Waals surface area contributed by atoms with Gasteiger partial charge in [0.1, 0.15) is 0 Å². The average Bonchev–Trinajstić information content (AvgIpc) is 1.85. The first-order chi connectivity index (χ1) is 4.57. The van der Waals surface area contributed by atoms with Crippen molar-refractivity contribution in [1.29, 1.82) is 0 Å². The van der Waals surface area contributed by atoms with Crippen LogP contribution in [-0.2, 0) is 0 Å².